The first kappa shape index (κ1) is 59.7. The maximum atomic E-state index is 2.64. The van der Waals surface area contributed by atoms with Crippen LogP contribution in [0.15, 0.2) is 218 Å². The van der Waals surface area contributed by atoms with Gasteiger partial charge in [0.25, 0.3) is 0 Å². The topological polar surface area (TPSA) is 0 Å². The van der Waals surface area contributed by atoms with E-state index >= 15 is 0 Å². The number of aryl methyl sites for hydroxylation is 4. The Morgan fingerprint density at radius 2 is 0.526 bits per heavy atom. The summed E-state index contributed by atoms with van der Waals surface area (Å²) in [6.45, 7) is 24.1. The third kappa shape index (κ3) is 13.0. The van der Waals surface area contributed by atoms with Crippen molar-refractivity contribution in [1.82, 2.24) is 0 Å². The van der Waals surface area contributed by atoms with E-state index in [-0.39, 0.29) is 24.8 Å². The third-order valence-electron chi connectivity index (χ3n) is 16.3. The Morgan fingerprint density at radius 3 is 0.750 bits per heavy atom. The Kier molecular flexibility index (Phi) is 21.8. The molecule has 76 heavy (non-hydrogen) atoms. The first-order chi connectivity index (χ1) is 36.0. The van der Waals surface area contributed by atoms with Crippen molar-refractivity contribution in [2.24, 2.45) is 0 Å². The summed E-state index contributed by atoms with van der Waals surface area (Å²) in [5.41, 5.74) is 23.0. The molecule has 0 unspecified atom stereocenters. The van der Waals surface area contributed by atoms with Gasteiger partial charge in [0.05, 0.1) is 0 Å². The van der Waals surface area contributed by atoms with E-state index in [1.165, 1.54) is 44.5 Å². The van der Waals surface area contributed by atoms with Crippen LogP contribution >= 0.6 is 0 Å². The van der Waals surface area contributed by atoms with Gasteiger partial charge in [-0.15, -0.1) is 0 Å². The van der Waals surface area contributed by atoms with Crippen LogP contribution in [0.2, 0.25) is 13.1 Å². The molecule has 0 fully saturated rings. The molecule has 6 aromatic rings. The second-order valence-corrected chi connectivity index (χ2v) is 62.9. The van der Waals surface area contributed by atoms with Crippen LogP contribution in [-0.2, 0) is 65.8 Å². The largest absolute Gasteiger partial charge is 1.00 e. The Balaban J connectivity index is 0.000000216. The van der Waals surface area contributed by atoms with Gasteiger partial charge in [-0.2, -0.15) is 0 Å². The van der Waals surface area contributed by atoms with Gasteiger partial charge in [0.15, 0.2) is 0 Å². The quantitative estimate of drug-likeness (QED) is 0.0954. The van der Waals surface area contributed by atoms with Crippen molar-refractivity contribution < 1.29 is 64.9 Å². The van der Waals surface area contributed by atoms with Gasteiger partial charge in [-0.1, -0.05) is 0 Å². The summed E-state index contributed by atoms with van der Waals surface area (Å²) in [5, 5.41) is 3.25. The number of rotatable bonds is 14. The molecule has 388 valence electrons. The van der Waals surface area contributed by atoms with Crippen molar-refractivity contribution in [3.05, 3.63) is 262 Å². The molecule has 0 nitrogen and oxygen atoms in total. The normalized spacial score (nSPS) is 14.9. The summed E-state index contributed by atoms with van der Waals surface area (Å²) < 4.78 is 7.44. The van der Waals surface area contributed by atoms with E-state index in [2.05, 4.69) is 251 Å². The third-order valence-corrected chi connectivity index (χ3v) is 69.3. The SMILES string of the molecule is CCc1ccccc1C1=CC(C)=[C]([Hf]([C]2=C(C)C=C(c3ccccc3CC)C2)=[Si](C)c2ccccc2)C1.CCc1ccccc1C1=CC(C)=[C]([Hf]([C]2=C(C)C=C(c3ccccc3CC)C2)=[Si](C)c2ccccc2)C1.[Cl-].[Cl-]. The van der Waals surface area contributed by atoms with E-state index in [4.69, 9.17) is 0 Å². The zero-order valence-corrected chi connectivity index (χ0v) is 57.4. The second-order valence-electron chi connectivity index (χ2n) is 20.8. The Hall–Kier alpha value is -4.01. The van der Waals surface area contributed by atoms with Crippen LogP contribution in [0.5, 0.6) is 0 Å². The van der Waals surface area contributed by atoms with Crippen LogP contribution < -0.4 is 35.2 Å². The van der Waals surface area contributed by atoms with Crippen molar-refractivity contribution >= 4 is 43.7 Å². The van der Waals surface area contributed by atoms with E-state index in [1.54, 1.807) is 55.0 Å². The van der Waals surface area contributed by atoms with E-state index in [0.717, 1.165) is 51.4 Å². The Morgan fingerprint density at radius 1 is 0.316 bits per heavy atom. The molecule has 0 spiro atoms. The predicted octanol–water partition coefficient (Wildman–Crippen LogP) is 11.6. The molecule has 0 aromatic heterocycles. The molecule has 0 bridgehead atoms. The number of benzene rings is 6. The molecule has 0 N–H and O–H groups in total. The van der Waals surface area contributed by atoms with E-state index in [9.17, 15) is 0 Å². The maximum Gasteiger partial charge on any atom is -1.00 e. The zero-order chi connectivity index (χ0) is 51.9. The molecule has 6 heteroatoms. The maximum absolute atomic E-state index is 2.64. The standard InChI is InChI=1S/4C14H15.2C7H8Si.2ClH.2Hf/c4*1-3-12-6-4-5-7-14(12)13-9-8-11(2)10-13;2*1-8-7-5-3-2-4-6-7;;;;/h4*4-7,10H,3,9H2,1-2H3;2*2-6H,1H3;2*1H;;/p-2. The van der Waals surface area contributed by atoms with Gasteiger partial charge in [0.2, 0.25) is 0 Å². The molecular formula is C70H76Cl2Hf2Si2-2. The van der Waals surface area contributed by atoms with Crippen molar-refractivity contribution in [2.45, 2.75) is 120 Å². The molecule has 4 aliphatic carbocycles. The molecule has 10 rings (SSSR count). The molecule has 0 radical (unpaired) electrons. The molecule has 0 saturated heterocycles. The first-order valence-corrected chi connectivity index (χ1v) is 49.5. The number of hydrogen-bond acceptors (Lipinski definition) is 0. The monoisotopic (exact) mass is 1400 g/mol. The molecule has 0 atom stereocenters. The average Bonchev–Trinajstić information content (AvgIpc) is 4.24. The molecule has 0 heterocycles. The molecule has 0 saturated carbocycles. The average molecular weight is 1400 g/mol. The van der Waals surface area contributed by atoms with Crippen molar-refractivity contribution in [1.29, 1.82) is 0 Å². The van der Waals surface area contributed by atoms with Gasteiger partial charge in [-0.25, -0.2) is 0 Å². The molecule has 0 aliphatic heterocycles. The fourth-order valence-electron chi connectivity index (χ4n) is 12.3. The first-order valence-electron chi connectivity index (χ1n) is 27.5. The minimum atomic E-state index is -2.40. The second kappa shape index (κ2) is 27.7. The predicted molar refractivity (Wildman–Crippen MR) is 320 cm³/mol. The van der Waals surface area contributed by atoms with E-state index in [1.807, 2.05) is 13.3 Å². The van der Waals surface area contributed by atoms with Crippen molar-refractivity contribution in [2.75, 3.05) is 0 Å². The fourth-order valence-corrected chi connectivity index (χ4v) is 69.3. The molecule has 0 amide bonds. The van der Waals surface area contributed by atoms with Gasteiger partial charge < -0.3 is 24.8 Å². The summed E-state index contributed by atoms with van der Waals surface area (Å²) in [5.74, 6) is 0. The fraction of sp³-hybridized carbons (Fsp3) is 0.257. The van der Waals surface area contributed by atoms with Gasteiger partial charge in [0.1, 0.15) is 0 Å². The molecular weight excluding hydrogens is 1320 g/mol. The summed E-state index contributed by atoms with van der Waals surface area (Å²) in [6, 6.07) is 59.3. The van der Waals surface area contributed by atoms with Crippen molar-refractivity contribution in [3.8, 4) is 0 Å². The smallest absolute Gasteiger partial charge is 1.00 e. The molecule has 4 aliphatic rings. The van der Waals surface area contributed by atoms with Crippen LogP contribution in [0.25, 0.3) is 22.3 Å². The summed E-state index contributed by atoms with van der Waals surface area (Å²) in [4.78, 5) is 0. The summed E-state index contributed by atoms with van der Waals surface area (Å²) in [7, 11) is 0. The van der Waals surface area contributed by atoms with Gasteiger partial charge in [-0.05, 0) is 0 Å². The Labute approximate surface area is 485 Å². The van der Waals surface area contributed by atoms with Crippen LogP contribution in [0.1, 0.15) is 126 Å². The number of allylic oxidation sites excluding steroid dienone is 16. The van der Waals surface area contributed by atoms with Gasteiger partial charge >= 0.3 is 466 Å². The minimum Gasteiger partial charge on any atom is -1.00 e. The summed E-state index contributed by atoms with van der Waals surface area (Å²) >= 11 is -4.80. The number of hydrogen-bond donors (Lipinski definition) is 0. The van der Waals surface area contributed by atoms with Crippen LogP contribution in [-0.4, -0.2) is 11.0 Å². The van der Waals surface area contributed by atoms with Gasteiger partial charge in [-0.3, -0.25) is 0 Å². The van der Waals surface area contributed by atoms with Gasteiger partial charge in [0, 0.05) is 0 Å². The summed E-state index contributed by atoms with van der Waals surface area (Å²) in [6.07, 6.45) is 19.2. The Bertz CT molecular complexity index is 3050. The van der Waals surface area contributed by atoms with Crippen LogP contribution in [0.3, 0.4) is 0 Å². The minimum absolute atomic E-state index is 0. The molecule has 6 aromatic carbocycles. The van der Waals surface area contributed by atoms with Crippen LogP contribution in [0, 0.1) is 0 Å². The van der Waals surface area contributed by atoms with Crippen LogP contribution in [0.4, 0.5) is 0 Å². The van der Waals surface area contributed by atoms with E-state index in [0.29, 0.717) is 0 Å². The zero-order valence-electron chi connectivity index (χ0n) is 46.7. The van der Waals surface area contributed by atoms with Crippen molar-refractivity contribution in [3.63, 3.8) is 0 Å². The number of halogens is 2. The van der Waals surface area contributed by atoms with E-state index < -0.39 is 51.1 Å².